The number of nitrogens with one attached hydrogen (secondary N) is 3. The van der Waals surface area contributed by atoms with E-state index < -0.39 is 31.8 Å². The van der Waals surface area contributed by atoms with Crippen molar-refractivity contribution in [2.75, 3.05) is 19.8 Å². The van der Waals surface area contributed by atoms with Crippen molar-refractivity contribution in [3.63, 3.8) is 0 Å². The van der Waals surface area contributed by atoms with Crippen molar-refractivity contribution < 1.29 is 51.5 Å². The van der Waals surface area contributed by atoms with Gasteiger partial charge in [0.1, 0.15) is 23.6 Å². The molecule has 0 spiro atoms. The molecule has 3 rings (SSSR count). The van der Waals surface area contributed by atoms with Crippen LogP contribution in [0.4, 0.5) is 0 Å². The number of phosphoric ester groups is 1. The van der Waals surface area contributed by atoms with Crippen LogP contribution < -0.4 is 25.0 Å². The smallest absolute Gasteiger partial charge is 0.464 e. The molecule has 0 aromatic heterocycles. The molecule has 0 fully saturated rings. The van der Waals surface area contributed by atoms with Crippen LogP contribution in [0.15, 0.2) is 104 Å². The van der Waals surface area contributed by atoms with Gasteiger partial charge in [-0.05, 0) is 107 Å². The second-order valence-electron chi connectivity index (χ2n) is 24.6. The van der Waals surface area contributed by atoms with Crippen molar-refractivity contribution in [1.82, 2.24) is 16.0 Å². The summed E-state index contributed by atoms with van der Waals surface area (Å²) in [7, 11) is -4.33. The number of hydrogen-bond acceptors (Lipinski definition) is 12. The topological polar surface area (TPSA) is 177 Å². The van der Waals surface area contributed by atoms with Crippen LogP contribution >= 0.6 is 7.82 Å². The Morgan fingerprint density at radius 2 is 0.944 bits per heavy atom. The van der Waals surface area contributed by atoms with Gasteiger partial charge < -0.3 is 33.9 Å². The molecule has 0 aliphatic rings. The highest BCUT2D eigenvalue weighted by Crippen LogP contribution is 2.49. The molecule has 3 N–H and O–H groups in total. The Morgan fingerprint density at radius 3 is 1.48 bits per heavy atom. The summed E-state index contributed by atoms with van der Waals surface area (Å²) in [5.41, 5.74) is 1.09. The molecule has 0 saturated heterocycles. The monoisotopic (exact) mass is 1270 g/mol. The molecule has 508 valence electrons. The number of para-hydroxylation sites is 2. The Hall–Kier alpha value is -5.01. The van der Waals surface area contributed by atoms with E-state index in [0.29, 0.717) is 38.8 Å². The van der Waals surface area contributed by atoms with Gasteiger partial charge in [-0.3, -0.25) is 24.2 Å². The van der Waals surface area contributed by atoms with Gasteiger partial charge in [0.2, 0.25) is 11.8 Å². The molecule has 90 heavy (non-hydrogen) atoms. The molecular weight excluding hydrogens is 1150 g/mol. The van der Waals surface area contributed by atoms with Gasteiger partial charge in [-0.15, -0.1) is 6.58 Å². The average Bonchev–Trinajstić information content (AvgIpc) is 2.48. The van der Waals surface area contributed by atoms with Crippen LogP contribution in [0.5, 0.6) is 11.5 Å². The van der Waals surface area contributed by atoms with Gasteiger partial charge in [0.15, 0.2) is 0 Å². The fourth-order valence-electron chi connectivity index (χ4n) is 11.0. The minimum atomic E-state index is -4.33. The maximum absolute atomic E-state index is 14.3. The number of benzene rings is 3. The summed E-state index contributed by atoms with van der Waals surface area (Å²) in [5.74, 6) is -0.951. The van der Waals surface area contributed by atoms with Crippen LogP contribution in [-0.2, 0) is 49.1 Å². The van der Waals surface area contributed by atoms with E-state index in [4.69, 9.17) is 27.8 Å². The van der Waals surface area contributed by atoms with Gasteiger partial charge in [-0.1, -0.05) is 254 Å². The largest absolute Gasteiger partial charge is 0.587 e. The van der Waals surface area contributed by atoms with Crippen molar-refractivity contribution >= 4 is 31.6 Å². The summed E-state index contributed by atoms with van der Waals surface area (Å²) in [6, 6.07) is 26.0. The normalized spacial score (nSPS) is 12.8. The van der Waals surface area contributed by atoms with Crippen molar-refractivity contribution in [2.45, 2.75) is 309 Å². The molecule has 3 aromatic carbocycles. The Kier molecular flexibility index (Phi) is 48.0. The van der Waals surface area contributed by atoms with Crippen molar-refractivity contribution in [3.05, 3.63) is 109 Å². The highest BCUT2D eigenvalue weighted by atomic mass is 31.2. The highest BCUT2D eigenvalue weighted by Gasteiger charge is 2.33. The fourth-order valence-corrected chi connectivity index (χ4v) is 12.2. The van der Waals surface area contributed by atoms with Gasteiger partial charge in [0.25, 0.3) is 0 Å². The lowest BCUT2D eigenvalue weighted by molar-refractivity contribution is -0.153. The zero-order chi connectivity index (χ0) is 64.6. The SMILES string of the molecule is C=CCCCCC(NCCCCCOC(=O)C(CCOP(=O)(Oc1ccccc1)Oc1ccccc1)NC(=O)C[C@@H](CCCCCCCCCCC)OC(=O)CCCCCCCCCCC)NC(=O)C[C@@H](CCCCCCCCCCC)OCc1ccccc1. The number of hydrogen-bond donors (Lipinski definition) is 3. The van der Waals surface area contributed by atoms with E-state index in [1.165, 1.54) is 109 Å². The second-order valence-corrected chi connectivity index (χ2v) is 26.1. The highest BCUT2D eigenvalue weighted by molar-refractivity contribution is 7.49. The molecule has 14 nitrogen and oxygen atoms in total. The maximum Gasteiger partial charge on any atom is 0.587 e. The van der Waals surface area contributed by atoms with Gasteiger partial charge in [0, 0.05) is 12.8 Å². The zero-order valence-electron chi connectivity index (χ0n) is 56.3. The summed E-state index contributed by atoms with van der Waals surface area (Å²) in [4.78, 5) is 55.3. The Labute approximate surface area is 545 Å². The first-order valence-corrected chi connectivity index (χ1v) is 37.2. The van der Waals surface area contributed by atoms with Crippen LogP contribution in [0, 0.1) is 0 Å². The number of carbonyl (C=O) groups is 4. The number of esters is 2. The summed E-state index contributed by atoms with van der Waals surface area (Å²) in [5, 5.41) is 9.75. The van der Waals surface area contributed by atoms with Crippen molar-refractivity contribution in [2.24, 2.45) is 0 Å². The minimum Gasteiger partial charge on any atom is -0.464 e. The van der Waals surface area contributed by atoms with E-state index in [2.05, 4.69) is 55.4 Å². The third-order valence-electron chi connectivity index (χ3n) is 16.3. The molecule has 0 aliphatic heterocycles. The molecular formula is C75H122N3O11P. The predicted octanol–water partition coefficient (Wildman–Crippen LogP) is 19.7. The van der Waals surface area contributed by atoms with E-state index in [-0.39, 0.29) is 61.7 Å². The third-order valence-corrected chi connectivity index (χ3v) is 17.7. The maximum atomic E-state index is 14.3. The van der Waals surface area contributed by atoms with Gasteiger partial charge in [0.05, 0.1) is 44.9 Å². The number of rotatable bonds is 61. The molecule has 0 saturated carbocycles. The van der Waals surface area contributed by atoms with Crippen LogP contribution in [0.25, 0.3) is 0 Å². The fraction of sp³-hybridized carbons (Fsp3) is 0.680. The number of ether oxygens (including phenoxy) is 3. The standard InChI is InChI=1S/C75H122N3O11P/c1-5-9-13-17-20-23-26-29-38-54-68(85-64-65-48-36-32-37-49-65)62-73(80)78-71(56-44-16-12-8-4)76-59-46-35-47-60-84-75(82)70(58-61-86-90(83,88-66-50-40-33-41-51-66)89-67-52-42-34-43-53-67)77-72(79)63-69(55-39-30-27-24-21-18-14-10-6-2)87-74(81)57-45-31-28-25-22-19-15-11-7-3/h8,32-34,36-37,40-43,48-53,68-71,76H,4-7,9-31,35,38-39,44-47,54-64H2,1-3H3,(H,77,79)(H,78,80)/t68-,69-,70?,71?/m1/s1. The van der Waals surface area contributed by atoms with E-state index >= 15 is 0 Å². The Bertz CT molecular complexity index is 2230. The molecule has 2 amide bonds. The van der Waals surface area contributed by atoms with E-state index in [9.17, 15) is 23.7 Å². The predicted molar refractivity (Wildman–Crippen MR) is 367 cm³/mol. The van der Waals surface area contributed by atoms with Crippen LogP contribution in [0.3, 0.4) is 0 Å². The Balaban J connectivity index is 1.65. The second kappa shape index (κ2) is 54.5. The first-order chi connectivity index (χ1) is 44.1. The van der Waals surface area contributed by atoms with Gasteiger partial charge in [-0.2, -0.15) is 0 Å². The molecule has 2 unspecified atom stereocenters. The number of allylic oxidation sites excluding steroid dienone is 1. The minimum absolute atomic E-state index is 0.0286. The van der Waals surface area contributed by atoms with Crippen LogP contribution in [0.1, 0.15) is 283 Å². The first kappa shape index (κ1) is 79.2. The number of phosphoric acid groups is 1. The molecule has 3 aromatic rings. The van der Waals surface area contributed by atoms with Gasteiger partial charge >= 0.3 is 19.8 Å². The summed E-state index contributed by atoms with van der Waals surface area (Å²) < 4.78 is 50.2. The lowest BCUT2D eigenvalue weighted by atomic mass is 10.0. The zero-order valence-corrected chi connectivity index (χ0v) is 57.2. The third kappa shape index (κ3) is 42.9. The molecule has 4 atom stereocenters. The van der Waals surface area contributed by atoms with Crippen LogP contribution in [0.2, 0.25) is 0 Å². The molecule has 0 heterocycles. The van der Waals surface area contributed by atoms with Crippen molar-refractivity contribution in [3.8, 4) is 11.5 Å². The summed E-state index contributed by atoms with van der Waals surface area (Å²) in [6.45, 7) is 11.5. The van der Waals surface area contributed by atoms with Crippen molar-refractivity contribution in [1.29, 1.82) is 0 Å². The average molecular weight is 1270 g/mol. The molecule has 0 radical (unpaired) electrons. The Morgan fingerprint density at radius 1 is 0.489 bits per heavy atom. The first-order valence-electron chi connectivity index (χ1n) is 35.7. The molecule has 0 bridgehead atoms. The molecule has 0 aliphatic carbocycles. The summed E-state index contributed by atoms with van der Waals surface area (Å²) in [6.07, 6.45) is 39.7. The lowest BCUT2D eigenvalue weighted by Crippen LogP contribution is -2.46. The van der Waals surface area contributed by atoms with E-state index in [0.717, 1.165) is 115 Å². The molecule has 15 heteroatoms. The number of unbranched alkanes of at least 4 members (excludes halogenated alkanes) is 28. The van der Waals surface area contributed by atoms with Crippen LogP contribution in [-0.4, -0.2) is 67.9 Å². The van der Waals surface area contributed by atoms with E-state index in [1.54, 1.807) is 60.7 Å². The number of amides is 2. The lowest BCUT2D eigenvalue weighted by Gasteiger charge is -2.23. The quantitative estimate of drug-likeness (QED) is 0.0160. The van der Waals surface area contributed by atoms with Gasteiger partial charge in [-0.25, -0.2) is 9.36 Å². The number of carbonyl (C=O) groups excluding carboxylic acids is 4. The van der Waals surface area contributed by atoms with E-state index in [1.807, 2.05) is 24.3 Å². The summed E-state index contributed by atoms with van der Waals surface area (Å²) >= 11 is 0.